The molecule has 1 aromatic carbocycles. The Balaban J connectivity index is 1.93. The summed E-state index contributed by atoms with van der Waals surface area (Å²) in [5.74, 6) is -1.78. The summed E-state index contributed by atoms with van der Waals surface area (Å²) in [6.45, 7) is 0. The number of aromatic nitrogens is 1. The molecule has 7 heteroatoms. The van der Waals surface area contributed by atoms with Crippen molar-refractivity contribution in [3.63, 3.8) is 0 Å². The van der Waals surface area contributed by atoms with E-state index in [2.05, 4.69) is 26.2 Å². The van der Waals surface area contributed by atoms with Crippen molar-refractivity contribution in [3.8, 4) is 0 Å². The Morgan fingerprint density at radius 1 is 1.52 bits per heavy atom. The fraction of sp³-hybridized carbons (Fsp3) is 0.286. The Labute approximate surface area is 133 Å². The number of nitrogens with one attached hydrogen (secondary N) is 1. The summed E-state index contributed by atoms with van der Waals surface area (Å²) in [5.41, 5.74) is 0.934. The maximum Gasteiger partial charge on any atom is 0.312 e. The van der Waals surface area contributed by atoms with Crippen LogP contribution in [-0.2, 0) is 11.2 Å². The third-order valence-corrected chi connectivity index (χ3v) is 5.15. The van der Waals surface area contributed by atoms with Crippen LogP contribution in [0, 0.1) is 5.82 Å². The van der Waals surface area contributed by atoms with Gasteiger partial charge in [0.25, 0.3) is 0 Å². The molecule has 110 valence electrons. The highest BCUT2D eigenvalue weighted by Gasteiger charge is 2.30. The van der Waals surface area contributed by atoms with E-state index in [0.717, 1.165) is 17.7 Å². The number of aryl methyl sites for hydroxylation is 1. The number of halogens is 2. The van der Waals surface area contributed by atoms with E-state index in [1.807, 2.05) is 0 Å². The third kappa shape index (κ3) is 2.80. The lowest BCUT2D eigenvalue weighted by Crippen LogP contribution is -2.17. The minimum absolute atomic E-state index is 0.315. The fourth-order valence-corrected chi connectivity index (χ4v) is 3.95. The average Bonchev–Trinajstić information content (AvgIpc) is 2.85. The molecule has 1 aromatic heterocycles. The minimum Gasteiger partial charge on any atom is -0.481 e. The molecule has 1 unspecified atom stereocenters. The zero-order valence-corrected chi connectivity index (χ0v) is 13.3. The molecule has 2 N–H and O–H groups in total. The zero-order chi connectivity index (χ0) is 15.0. The van der Waals surface area contributed by atoms with Crippen LogP contribution in [0.5, 0.6) is 0 Å². The number of nitrogens with zero attached hydrogens (tertiary/aromatic N) is 1. The second kappa shape index (κ2) is 5.73. The molecule has 0 saturated heterocycles. The average molecular weight is 371 g/mol. The van der Waals surface area contributed by atoms with Gasteiger partial charge in [0.15, 0.2) is 5.13 Å². The molecule has 0 radical (unpaired) electrons. The Kier molecular flexibility index (Phi) is 3.95. The maximum atomic E-state index is 13.8. The van der Waals surface area contributed by atoms with Gasteiger partial charge in [0.2, 0.25) is 0 Å². The predicted molar refractivity (Wildman–Crippen MR) is 82.8 cm³/mol. The number of carboxylic acid groups (broad SMARTS) is 1. The monoisotopic (exact) mass is 370 g/mol. The maximum absolute atomic E-state index is 13.8. The number of hydrogen-bond donors (Lipinski definition) is 2. The van der Waals surface area contributed by atoms with Crippen LogP contribution < -0.4 is 5.32 Å². The highest BCUT2D eigenvalue weighted by atomic mass is 79.9. The lowest BCUT2D eigenvalue weighted by atomic mass is 9.91. The fourth-order valence-electron chi connectivity index (χ4n) is 2.44. The first-order valence-electron chi connectivity index (χ1n) is 6.49. The van der Waals surface area contributed by atoms with Crippen LogP contribution in [-0.4, -0.2) is 16.1 Å². The van der Waals surface area contributed by atoms with Gasteiger partial charge in [0, 0.05) is 9.35 Å². The normalized spacial score (nSPS) is 17.3. The Bertz CT molecular complexity index is 684. The van der Waals surface area contributed by atoms with Gasteiger partial charge in [-0.3, -0.25) is 4.79 Å². The molecule has 1 heterocycles. The molecule has 2 aromatic rings. The molecule has 0 bridgehead atoms. The van der Waals surface area contributed by atoms with Crippen LogP contribution >= 0.6 is 27.3 Å². The van der Waals surface area contributed by atoms with Gasteiger partial charge in [0.05, 0.1) is 11.4 Å². The van der Waals surface area contributed by atoms with E-state index < -0.39 is 11.9 Å². The van der Waals surface area contributed by atoms with Gasteiger partial charge in [-0.2, -0.15) is 0 Å². The molecule has 4 nitrogen and oxygen atoms in total. The molecule has 0 fully saturated rings. The Morgan fingerprint density at radius 3 is 3.05 bits per heavy atom. The van der Waals surface area contributed by atoms with Crippen molar-refractivity contribution in [2.45, 2.75) is 25.2 Å². The Hall–Kier alpha value is -1.47. The number of fused-ring (bicyclic) bond motifs is 1. The summed E-state index contributed by atoms with van der Waals surface area (Å²) in [6, 6.07) is 4.71. The molecular formula is C14H12BrFN2O2S. The molecule has 1 aliphatic rings. The first-order valence-corrected chi connectivity index (χ1v) is 8.10. The molecule has 0 saturated carbocycles. The largest absolute Gasteiger partial charge is 0.481 e. The quantitative estimate of drug-likeness (QED) is 0.845. The molecule has 1 aliphatic carbocycles. The van der Waals surface area contributed by atoms with Crippen LogP contribution in [0.2, 0.25) is 0 Å². The van der Waals surface area contributed by atoms with Gasteiger partial charge in [-0.25, -0.2) is 9.37 Å². The molecule has 0 aliphatic heterocycles. The Morgan fingerprint density at radius 2 is 2.33 bits per heavy atom. The first kappa shape index (κ1) is 14.5. The summed E-state index contributed by atoms with van der Waals surface area (Å²) in [5, 5.41) is 12.7. The van der Waals surface area contributed by atoms with Crippen LogP contribution in [0.4, 0.5) is 15.2 Å². The lowest BCUT2D eigenvalue weighted by molar-refractivity contribution is -0.139. The zero-order valence-electron chi connectivity index (χ0n) is 10.9. The topological polar surface area (TPSA) is 62.2 Å². The molecule has 3 rings (SSSR count). The van der Waals surface area contributed by atoms with Crippen LogP contribution in [0.15, 0.2) is 22.7 Å². The first-order chi connectivity index (χ1) is 10.1. The van der Waals surface area contributed by atoms with Gasteiger partial charge in [-0.05, 0) is 47.3 Å². The standard InChI is InChI=1S/C14H12BrFN2O2S/c15-8-4-2-5-9(16)12(8)18-14-17-11-7(13(19)20)3-1-6-10(11)21-14/h2,4-5,7H,1,3,6H2,(H,17,18)(H,19,20). The van der Waals surface area contributed by atoms with Crippen molar-refractivity contribution in [3.05, 3.63) is 39.1 Å². The summed E-state index contributed by atoms with van der Waals surface area (Å²) >= 11 is 4.69. The van der Waals surface area contributed by atoms with Gasteiger partial charge in [0.1, 0.15) is 11.7 Å². The number of carbonyl (C=O) groups is 1. The second-order valence-electron chi connectivity index (χ2n) is 4.83. The lowest BCUT2D eigenvalue weighted by Gasteiger charge is -2.16. The van der Waals surface area contributed by atoms with Crippen molar-refractivity contribution in [1.29, 1.82) is 0 Å². The highest BCUT2D eigenvalue weighted by molar-refractivity contribution is 9.10. The number of carboxylic acids is 1. The van der Waals surface area contributed by atoms with Crippen molar-refractivity contribution in [2.24, 2.45) is 0 Å². The number of aliphatic carboxylic acids is 1. The number of rotatable bonds is 3. The molecule has 21 heavy (non-hydrogen) atoms. The molecular weight excluding hydrogens is 359 g/mol. The molecule has 0 amide bonds. The predicted octanol–water partition coefficient (Wildman–Crippen LogP) is 4.29. The van der Waals surface area contributed by atoms with Crippen molar-refractivity contribution < 1.29 is 14.3 Å². The number of benzene rings is 1. The minimum atomic E-state index is -0.847. The van der Waals surface area contributed by atoms with Crippen molar-refractivity contribution in [2.75, 3.05) is 5.32 Å². The van der Waals surface area contributed by atoms with E-state index in [-0.39, 0.29) is 5.82 Å². The van der Waals surface area contributed by atoms with Gasteiger partial charge in [-0.1, -0.05) is 6.07 Å². The molecule has 1 atom stereocenters. The molecule has 0 spiro atoms. The van der Waals surface area contributed by atoms with Gasteiger partial charge in [-0.15, -0.1) is 11.3 Å². The van der Waals surface area contributed by atoms with Gasteiger partial charge >= 0.3 is 5.97 Å². The van der Waals surface area contributed by atoms with E-state index in [1.165, 1.54) is 17.4 Å². The summed E-state index contributed by atoms with van der Waals surface area (Å²) in [4.78, 5) is 16.6. The SMILES string of the molecule is O=C(O)C1CCCc2sc(Nc3c(F)cccc3Br)nc21. The van der Waals surface area contributed by atoms with Crippen LogP contribution in [0.3, 0.4) is 0 Å². The van der Waals surface area contributed by atoms with E-state index >= 15 is 0 Å². The van der Waals surface area contributed by atoms with Gasteiger partial charge < -0.3 is 10.4 Å². The van der Waals surface area contributed by atoms with E-state index in [9.17, 15) is 14.3 Å². The van der Waals surface area contributed by atoms with E-state index in [0.29, 0.717) is 27.4 Å². The summed E-state index contributed by atoms with van der Waals surface area (Å²) < 4.78 is 14.4. The number of hydrogen-bond acceptors (Lipinski definition) is 4. The smallest absolute Gasteiger partial charge is 0.312 e. The second-order valence-corrected chi connectivity index (χ2v) is 6.77. The third-order valence-electron chi connectivity index (χ3n) is 3.45. The number of thiazole rings is 1. The summed E-state index contributed by atoms with van der Waals surface area (Å²) in [6.07, 6.45) is 2.28. The van der Waals surface area contributed by atoms with Crippen molar-refractivity contribution in [1.82, 2.24) is 4.98 Å². The van der Waals surface area contributed by atoms with Crippen LogP contribution in [0.1, 0.15) is 29.3 Å². The van der Waals surface area contributed by atoms with E-state index in [1.54, 1.807) is 12.1 Å². The number of para-hydroxylation sites is 1. The highest BCUT2D eigenvalue weighted by Crippen LogP contribution is 2.38. The number of anilines is 2. The van der Waals surface area contributed by atoms with Crippen LogP contribution in [0.25, 0.3) is 0 Å². The summed E-state index contributed by atoms with van der Waals surface area (Å²) in [7, 11) is 0. The van der Waals surface area contributed by atoms with Crippen molar-refractivity contribution >= 4 is 44.1 Å². The van der Waals surface area contributed by atoms with E-state index in [4.69, 9.17) is 0 Å².